The van der Waals surface area contributed by atoms with Crippen LogP contribution in [-0.2, 0) is 14.6 Å². The van der Waals surface area contributed by atoms with Gasteiger partial charge >= 0.3 is 0 Å². The summed E-state index contributed by atoms with van der Waals surface area (Å²) in [4.78, 5) is 16.1. The number of carbonyl (C=O) groups excluding carboxylic acids is 1. The summed E-state index contributed by atoms with van der Waals surface area (Å²) in [6.07, 6.45) is 1.94. The lowest BCUT2D eigenvalue weighted by atomic mass is 9.96. The highest BCUT2D eigenvalue weighted by Crippen LogP contribution is 2.25. The van der Waals surface area contributed by atoms with E-state index in [0.717, 1.165) is 6.42 Å². The van der Waals surface area contributed by atoms with E-state index < -0.39 is 15.4 Å². The molecule has 7 heteroatoms. The van der Waals surface area contributed by atoms with Gasteiger partial charge in [-0.05, 0) is 19.3 Å². The molecule has 0 aromatic heterocycles. The zero-order chi connectivity index (χ0) is 12.5. The van der Waals surface area contributed by atoms with E-state index in [-0.39, 0.29) is 17.4 Å². The molecule has 2 saturated heterocycles. The first-order valence-electron chi connectivity index (χ1n) is 5.82. The van der Waals surface area contributed by atoms with Gasteiger partial charge in [0.05, 0.1) is 11.5 Å². The lowest BCUT2D eigenvalue weighted by Crippen LogP contribution is -2.55. The number of nitrogens with one attached hydrogen (secondary N) is 2. The van der Waals surface area contributed by atoms with Crippen molar-refractivity contribution in [1.82, 2.24) is 10.6 Å². The number of amides is 1. The summed E-state index contributed by atoms with van der Waals surface area (Å²) >= 11 is 0. The molecular formula is C10H17N3O3S. The van der Waals surface area contributed by atoms with Crippen LogP contribution in [0.3, 0.4) is 0 Å². The Kier molecular flexibility index (Phi) is 3.11. The molecule has 1 unspecified atom stereocenters. The Hall–Kier alpha value is -1.11. The third kappa shape index (κ3) is 2.43. The summed E-state index contributed by atoms with van der Waals surface area (Å²) in [5.41, 5.74) is -0.982. The van der Waals surface area contributed by atoms with Crippen LogP contribution in [0.4, 0.5) is 0 Å². The molecule has 1 amide bonds. The Morgan fingerprint density at radius 1 is 1.47 bits per heavy atom. The average molecular weight is 259 g/mol. The molecule has 6 nitrogen and oxygen atoms in total. The highest BCUT2D eigenvalue weighted by atomic mass is 32.2. The maximum absolute atomic E-state index is 11.9. The molecule has 0 aliphatic carbocycles. The van der Waals surface area contributed by atoms with Crippen LogP contribution >= 0.6 is 0 Å². The number of nitrogens with zero attached hydrogens (tertiary/aromatic N) is 1. The first-order valence-corrected chi connectivity index (χ1v) is 7.64. The molecule has 0 bridgehead atoms. The van der Waals surface area contributed by atoms with Crippen LogP contribution in [0.1, 0.15) is 26.2 Å². The minimum atomic E-state index is -3.13. The van der Waals surface area contributed by atoms with Crippen LogP contribution in [0.2, 0.25) is 0 Å². The van der Waals surface area contributed by atoms with Gasteiger partial charge in [-0.3, -0.25) is 15.1 Å². The third-order valence-electron chi connectivity index (χ3n) is 3.04. The molecule has 2 heterocycles. The van der Waals surface area contributed by atoms with Crippen molar-refractivity contribution in [3.63, 3.8) is 0 Å². The van der Waals surface area contributed by atoms with E-state index in [9.17, 15) is 13.2 Å². The molecule has 96 valence electrons. The number of sulfone groups is 1. The molecule has 0 aromatic carbocycles. The van der Waals surface area contributed by atoms with Crippen LogP contribution in [0.25, 0.3) is 0 Å². The van der Waals surface area contributed by atoms with Gasteiger partial charge < -0.3 is 5.32 Å². The van der Waals surface area contributed by atoms with E-state index in [4.69, 9.17) is 0 Å². The second-order valence-corrected chi connectivity index (χ2v) is 6.77. The van der Waals surface area contributed by atoms with Crippen molar-refractivity contribution >= 4 is 21.7 Å². The molecular weight excluding hydrogens is 242 g/mol. The van der Waals surface area contributed by atoms with Gasteiger partial charge in [0.15, 0.2) is 15.8 Å². The number of hydrogen-bond acceptors (Lipinski definition) is 4. The molecule has 2 aliphatic heterocycles. The molecule has 17 heavy (non-hydrogen) atoms. The molecule has 0 radical (unpaired) electrons. The monoisotopic (exact) mass is 259 g/mol. The van der Waals surface area contributed by atoms with Crippen LogP contribution in [0.15, 0.2) is 4.99 Å². The number of rotatable bonds is 2. The summed E-state index contributed by atoms with van der Waals surface area (Å²) in [6, 6.07) is 0. The van der Waals surface area contributed by atoms with Crippen molar-refractivity contribution in [2.75, 3.05) is 18.1 Å². The topological polar surface area (TPSA) is 87.6 Å². The van der Waals surface area contributed by atoms with E-state index in [1.54, 1.807) is 0 Å². The normalized spacial score (nSPS) is 33.7. The van der Waals surface area contributed by atoms with Crippen molar-refractivity contribution in [2.45, 2.75) is 31.7 Å². The van der Waals surface area contributed by atoms with Gasteiger partial charge in [-0.15, -0.1) is 0 Å². The van der Waals surface area contributed by atoms with Crippen LogP contribution in [0, 0.1) is 0 Å². The van der Waals surface area contributed by atoms with E-state index in [0.29, 0.717) is 25.3 Å². The average Bonchev–Trinajstić information content (AvgIpc) is 2.51. The molecule has 2 fully saturated rings. The van der Waals surface area contributed by atoms with Gasteiger partial charge in [-0.1, -0.05) is 6.92 Å². The largest absolute Gasteiger partial charge is 0.341 e. The second kappa shape index (κ2) is 4.29. The second-order valence-electron chi connectivity index (χ2n) is 4.59. The molecule has 0 saturated carbocycles. The fraction of sp³-hybridized carbons (Fsp3) is 0.800. The molecule has 2 N–H and O–H groups in total. The first-order chi connectivity index (χ1) is 7.97. The van der Waals surface area contributed by atoms with Gasteiger partial charge in [-0.2, -0.15) is 0 Å². The summed E-state index contributed by atoms with van der Waals surface area (Å²) < 4.78 is 23.2. The van der Waals surface area contributed by atoms with Gasteiger partial charge in [0.2, 0.25) is 0 Å². The predicted molar refractivity (Wildman–Crippen MR) is 64.5 cm³/mol. The number of hydrogen-bond donors (Lipinski definition) is 2. The van der Waals surface area contributed by atoms with Crippen molar-refractivity contribution in [3.8, 4) is 0 Å². The maximum Gasteiger partial charge on any atom is 0.253 e. The van der Waals surface area contributed by atoms with Gasteiger partial charge in [0.1, 0.15) is 5.54 Å². The van der Waals surface area contributed by atoms with Crippen LogP contribution in [-0.4, -0.2) is 43.9 Å². The Bertz CT molecular complexity index is 457. The van der Waals surface area contributed by atoms with E-state index >= 15 is 0 Å². The molecule has 0 aromatic rings. The fourth-order valence-corrected chi connectivity index (χ4v) is 4.06. The number of carbonyl (C=O) groups is 1. The zero-order valence-electron chi connectivity index (χ0n) is 9.82. The summed E-state index contributed by atoms with van der Waals surface area (Å²) in [5, 5.41) is 5.58. The van der Waals surface area contributed by atoms with E-state index in [1.165, 1.54) is 0 Å². The lowest BCUT2D eigenvalue weighted by Gasteiger charge is -2.29. The summed E-state index contributed by atoms with van der Waals surface area (Å²) in [6.45, 7) is 2.60. The smallest absolute Gasteiger partial charge is 0.253 e. The van der Waals surface area contributed by atoms with Crippen molar-refractivity contribution in [3.05, 3.63) is 0 Å². The van der Waals surface area contributed by atoms with Gasteiger partial charge in [0, 0.05) is 6.54 Å². The minimum absolute atomic E-state index is 0.128. The molecule has 1 atom stereocenters. The highest BCUT2D eigenvalue weighted by molar-refractivity contribution is 7.91. The Balaban J connectivity index is 2.19. The Morgan fingerprint density at radius 3 is 2.88 bits per heavy atom. The quantitative estimate of drug-likeness (QED) is 0.694. The zero-order valence-corrected chi connectivity index (χ0v) is 10.6. The van der Waals surface area contributed by atoms with Gasteiger partial charge in [0.25, 0.3) is 5.91 Å². The van der Waals surface area contributed by atoms with E-state index in [1.807, 2.05) is 6.92 Å². The van der Waals surface area contributed by atoms with Crippen molar-refractivity contribution < 1.29 is 13.2 Å². The third-order valence-corrected chi connectivity index (χ3v) is 4.89. The number of aliphatic imine (C=N–C) groups is 1. The standard InChI is InChI=1S/C10H17N3O3S/c1-2-5-11-9-12-8(14)10(13-9)4-3-6-17(15,16)7-10/h2-7H2,1H3,(H2,11,12,13,14). The van der Waals surface area contributed by atoms with E-state index in [2.05, 4.69) is 15.6 Å². The molecule has 2 rings (SSSR count). The van der Waals surface area contributed by atoms with Gasteiger partial charge in [-0.25, -0.2) is 8.42 Å². The highest BCUT2D eigenvalue weighted by Gasteiger charge is 2.49. The summed E-state index contributed by atoms with van der Waals surface area (Å²) in [5.74, 6) is 0.187. The SMILES string of the molecule is CCCN=C1NC(=O)C2(CCCS(=O)(=O)C2)N1. The molecule has 1 spiro atoms. The first kappa shape index (κ1) is 12.3. The maximum atomic E-state index is 11.9. The Morgan fingerprint density at radius 2 is 2.24 bits per heavy atom. The Labute approximate surface area is 101 Å². The molecule has 2 aliphatic rings. The minimum Gasteiger partial charge on any atom is -0.341 e. The number of guanidine groups is 1. The lowest BCUT2D eigenvalue weighted by molar-refractivity contribution is -0.123. The van der Waals surface area contributed by atoms with Crippen LogP contribution in [0.5, 0.6) is 0 Å². The van der Waals surface area contributed by atoms with Crippen molar-refractivity contribution in [2.24, 2.45) is 4.99 Å². The van der Waals surface area contributed by atoms with Crippen LogP contribution < -0.4 is 10.6 Å². The predicted octanol–water partition coefficient (Wildman–Crippen LogP) is -0.581. The fourth-order valence-electron chi connectivity index (χ4n) is 2.24. The van der Waals surface area contributed by atoms with Crippen molar-refractivity contribution in [1.29, 1.82) is 0 Å². The summed E-state index contributed by atoms with van der Waals surface area (Å²) in [7, 11) is -3.13.